The number of nitrogens with one attached hydrogen (secondary N) is 1. The summed E-state index contributed by atoms with van der Waals surface area (Å²) in [7, 11) is 0. The fourth-order valence-corrected chi connectivity index (χ4v) is 1.64. The zero-order valence-electron chi connectivity index (χ0n) is 10.1. The highest BCUT2D eigenvalue weighted by Gasteiger charge is 2.10. The molecule has 1 amide bonds. The smallest absolute Gasteiger partial charge is 0.270 e. The Hall–Kier alpha value is -2.69. The van der Waals surface area contributed by atoms with Crippen LogP contribution in [0.3, 0.4) is 0 Å². The van der Waals surface area contributed by atoms with E-state index in [1.54, 1.807) is 6.07 Å². The van der Waals surface area contributed by atoms with E-state index < -0.39 is 4.92 Å². The van der Waals surface area contributed by atoms with Crippen LogP contribution in [-0.2, 0) is 6.54 Å². The molecule has 96 valence electrons. The van der Waals surface area contributed by atoms with Crippen LogP contribution >= 0.6 is 0 Å². The third kappa shape index (κ3) is 3.38. The highest BCUT2D eigenvalue weighted by Crippen LogP contribution is 2.13. The Balaban J connectivity index is 2.04. The zero-order chi connectivity index (χ0) is 13.7. The van der Waals surface area contributed by atoms with E-state index in [1.807, 2.05) is 30.3 Å². The molecular formula is C14H12N2O3. The molecule has 0 heterocycles. The Labute approximate surface area is 110 Å². The normalized spacial score (nSPS) is 9.89. The number of hydrogen-bond acceptors (Lipinski definition) is 3. The number of benzene rings is 2. The fourth-order valence-electron chi connectivity index (χ4n) is 1.64. The Morgan fingerprint density at radius 3 is 2.53 bits per heavy atom. The molecule has 19 heavy (non-hydrogen) atoms. The highest BCUT2D eigenvalue weighted by atomic mass is 16.6. The van der Waals surface area contributed by atoms with E-state index in [0.29, 0.717) is 6.54 Å². The maximum absolute atomic E-state index is 11.9. The molecule has 5 nitrogen and oxygen atoms in total. The van der Waals surface area contributed by atoms with E-state index in [4.69, 9.17) is 0 Å². The first kappa shape index (κ1) is 12.8. The molecule has 0 atom stereocenters. The summed E-state index contributed by atoms with van der Waals surface area (Å²) < 4.78 is 0. The molecule has 0 radical (unpaired) electrons. The van der Waals surface area contributed by atoms with Crippen LogP contribution in [0.4, 0.5) is 5.69 Å². The maximum Gasteiger partial charge on any atom is 0.270 e. The van der Waals surface area contributed by atoms with Crippen molar-refractivity contribution in [3.63, 3.8) is 0 Å². The van der Waals surface area contributed by atoms with Gasteiger partial charge in [0.05, 0.1) is 4.92 Å². The molecule has 5 heteroatoms. The summed E-state index contributed by atoms with van der Waals surface area (Å²) in [6, 6.07) is 15.1. The number of hydrogen-bond donors (Lipinski definition) is 1. The van der Waals surface area contributed by atoms with Crippen molar-refractivity contribution < 1.29 is 9.72 Å². The predicted molar refractivity (Wildman–Crippen MR) is 70.7 cm³/mol. The van der Waals surface area contributed by atoms with Crippen molar-refractivity contribution in [2.75, 3.05) is 0 Å². The molecule has 0 bridgehead atoms. The lowest BCUT2D eigenvalue weighted by molar-refractivity contribution is -0.384. The van der Waals surface area contributed by atoms with Crippen molar-refractivity contribution in [2.45, 2.75) is 6.54 Å². The van der Waals surface area contributed by atoms with Gasteiger partial charge in [-0.3, -0.25) is 14.9 Å². The van der Waals surface area contributed by atoms with Gasteiger partial charge in [-0.15, -0.1) is 0 Å². The molecule has 0 aliphatic heterocycles. The van der Waals surface area contributed by atoms with E-state index in [9.17, 15) is 14.9 Å². The molecule has 2 aromatic rings. The monoisotopic (exact) mass is 255 g/mol. The molecular weight excluding hydrogens is 243 g/mol. The minimum Gasteiger partial charge on any atom is -0.348 e. The van der Waals surface area contributed by atoms with E-state index >= 15 is 0 Å². The van der Waals surface area contributed by atoms with Crippen molar-refractivity contribution in [1.29, 1.82) is 0 Å². The van der Waals surface area contributed by atoms with Crippen molar-refractivity contribution in [3.05, 3.63) is 75.8 Å². The van der Waals surface area contributed by atoms with E-state index in [2.05, 4.69) is 5.32 Å². The van der Waals surface area contributed by atoms with Crippen LogP contribution in [0.25, 0.3) is 0 Å². The topological polar surface area (TPSA) is 72.2 Å². The average molecular weight is 255 g/mol. The average Bonchev–Trinajstić information content (AvgIpc) is 2.46. The molecule has 0 fully saturated rings. The van der Waals surface area contributed by atoms with Crippen LogP contribution in [0.15, 0.2) is 54.6 Å². The summed E-state index contributed by atoms with van der Waals surface area (Å²) in [6.45, 7) is 0.391. The van der Waals surface area contributed by atoms with Gasteiger partial charge in [-0.2, -0.15) is 0 Å². The number of carbonyl (C=O) groups excluding carboxylic acids is 1. The van der Waals surface area contributed by atoms with Crippen LogP contribution < -0.4 is 5.32 Å². The minimum absolute atomic E-state index is 0.0904. The molecule has 0 aromatic heterocycles. The molecule has 0 spiro atoms. The third-order valence-electron chi connectivity index (χ3n) is 2.62. The summed E-state index contributed by atoms with van der Waals surface area (Å²) in [4.78, 5) is 22.0. The molecule has 0 saturated heterocycles. The zero-order valence-corrected chi connectivity index (χ0v) is 10.1. The van der Waals surface area contributed by atoms with E-state index in [0.717, 1.165) is 5.56 Å². The summed E-state index contributed by atoms with van der Waals surface area (Å²) >= 11 is 0. The number of nitro benzene ring substituents is 1. The molecule has 0 unspecified atom stereocenters. The van der Waals surface area contributed by atoms with Gasteiger partial charge in [-0.25, -0.2) is 0 Å². The van der Waals surface area contributed by atoms with Crippen LogP contribution in [0, 0.1) is 10.1 Å². The van der Waals surface area contributed by atoms with Crippen LogP contribution in [0.5, 0.6) is 0 Å². The number of amides is 1. The van der Waals surface area contributed by atoms with Gasteiger partial charge in [-0.05, 0) is 11.6 Å². The lowest BCUT2D eigenvalue weighted by Crippen LogP contribution is -2.22. The standard InChI is InChI=1S/C14H12N2O3/c17-14(15-10-11-5-2-1-3-6-11)12-7-4-8-13(9-12)16(18)19/h1-9H,10H2,(H,15,17)/i14-1. The van der Waals surface area contributed by atoms with Gasteiger partial charge in [0.2, 0.25) is 0 Å². The largest absolute Gasteiger partial charge is 0.348 e. The van der Waals surface area contributed by atoms with E-state index in [-0.39, 0.29) is 17.2 Å². The maximum atomic E-state index is 11.9. The predicted octanol–water partition coefficient (Wildman–Crippen LogP) is 2.52. The first-order chi connectivity index (χ1) is 9.16. The molecule has 0 aliphatic carbocycles. The van der Waals surface area contributed by atoms with Gasteiger partial charge in [0, 0.05) is 24.2 Å². The second-order valence-corrected chi connectivity index (χ2v) is 3.98. The lowest BCUT2D eigenvalue weighted by atomic mass is 9.88. The molecule has 0 aliphatic rings. The Morgan fingerprint density at radius 2 is 1.84 bits per heavy atom. The Morgan fingerprint density at radius 1 is 1.11 bits per heavy atom. The Bertz CT molecular complexity index is 597. The van der Waals surface area contributed by atoms with Crippen molar-refractivity contribution in [1.82, 2.24) is 5.32 Å². The quantitative estimate of drug-likeness (QED) is 0.674. The van der Waals surface area contributed by atoms with Gasteiger partial charge < -0.3 is 5.32 Å². The third-order valence-corrected chi connectivity index (χ3v) is 2.62. The van der Waals surface area contributed by atoms with Crippen LogP contribution in [-0.4, -0.2) is 10.8 Å². The van der Waals surface area contributed by atoms with Crippen LogP contribution in [0.1, 0.15) is 15.9 Å². The summed E-state index contributed by atoms with van der Waals surface area (Å²) in [6.07, 6.45) is 0. The Kier molecular flexibility index (Phi) is 3.87. The number of nitrogens with zero attached hydrogens (tertiary/aromatic N) is 1. The molecule has 0 saturated carbocycles. The number of non-ortho nitro benzene ring substituents is 1. The van der Waals surface area contributed by atoms with E-state index in [1.165, 1.54) is 18.2 Å². The molecule has 1 N–H and O–H groups in total. The number of nitro groups is 1. The first-order valence-corrected chi connectivity index (χ1v) is 5.73. The fraction of sp³-hybridized carbons (Fsp3) is 0.0714. The van der Waals surface area contributed by atoms with Crippen LogP contribution in [0.2, 0.25) is 0 Å². The second-order valence-electron chi connectivity index (χ2n) is 3.98. The van der Waals surface area contributed by atoms with Gasteiger partial charge in [-0.1, -0.05) is 36.4 Å². The van der Waals surface area contributed by atoms with Crippen molar-refractivity contribution >= 4 is 11.6 Å². The van der Waals surface area contributed by atoms with Gasteiger partial charge in [0.1, 0.15) is 0 Å². The van der Waals surface area contributed by atoms with Gasteiger partial charge in [0.15, 0.2) is 0 Å². The summed E-state index contributed by atoms with van der Waals surface area (Å²) in [5.41, 5.74) is 1.17. The summed E-state index contributed by atoms with van der Waals surface area (Å²) in [5, 5.41) is 13.3. The lowest BCUT2D eigenvalue weighted by Gasteiger charge is -2.05. The molecule has 2 rings (SSSR count). The van der Waals surface area contributed by atoms with Gasteiger partial charge in [0.25, 0.3) is 11.6 Å². The SMILES string of the molecule is O=[11C](NCc1ccccc1)c1cccc([N+](=O)[O-])c1. The van der Waals surface area contributed by atoms with Gasteiger partial charge >= 0.3 is 0 Å². The summed E-state index contributed by atoms with van der Waals surface area (Å²) in [5.74, 6) is -0.326. The minimum atomic E-state index is -0.520. The van der Waals surface area contributed by atoms with Crippen molar-refractivity contribution in [3.8, 4) is 0 Å². The second kappa shape index (κ2) is 5.77. The first-order valence-electron chi connectivity index (χ1n) is 5.73. The van der Waals surface area contributed by atoms with Crippen molar-refractivity contribution in [2.24, 2.45) is 0 Å². The highest BCUT2D eigenvalue weighted by molar-refractivity contribution is 5.94. The molecule has 2 aromatic carbocycles. The number of carbonyl (C=O) groups is 1. The number of rotatable bonds is 4.